The Balaban J connectivity index is 1.21. The van der Waals surface area contributed by atoms with E-state index in [1.807, 2.05) is 12.4 Å². The van der Waals surface area contributed by atoms with Gasteiger partial charge in [-0.25, -0.2) is 9.97 Å². The molecule has 0 radical (unpaired) electrons. The van der Waals surface area contributed by atoms with E-state index in [2.05, 4.69) is 157 Å². The van der Waals surface area contributed by atoms with Crippen molar-refractivity contribution in [1.29, 1.82) is 0 Å². The predicted molar refractivity (Wildman–Crippen MR) is 209 cm³/mol. The van der Waals surface area contributed by atoms with E-state index in [9.17, 15) is 0 Å². The Labute approximate surface area is 290 Å². The third kappa shape index (κ3) is 4.70. The highest BCUT2D eigenvalue weighted by Gasteiger charge is 2.18. The molecule has 1 aliphatic rings. The number of fused-ring (bicyclic) bond motifs is 7. The molecule has 0 atom stereocenters. The second-order valence-corrected chi connectivity index (χ2v) is 13.1. The molecule has 3 heteroatoms. The Morgan fingerprint density at radius 1 is 0.440 bits per heavy atom. The molecule has 0 unspecified atom stereocenters. The van der Waals surface area contributed by atoms with E-state index in [-0.39, 0.29) is 0 Å². The molecule has 2 heterocycles. The van der Waals surface area contributed by atoms with Crippen molar-refractivity contribution in [2.75, 3.05) is 0 Å². The van der Waals surface area contributed by atoms with Gasteiger partial charge in [0, 0.05) is 34.6 Å². The van der Waals surface area contributed by atoms with Crippen LogP contribution in [-0.4, -0.2) is 15.0 Å². The average Bonchev–Trinajstić information content (AvgIpc) is 3.20. The minimum Gasteiger partial charge on any atom is -0.264 e. The number of rotatable bonds is 4. The molecule has 0 bridgehead atoms. The number of hydrogen-bond donors (Lipinski definition) is 0. The van der Waals surface area contributed by atoms with Gasteiger partial charge in [-0.05, 0) is 90.8 Å². The Hall–Kier alpha value is -6.45. The van der Waals surface area contributed by atoms with Gasteiger partial charge in [-0.15, -0.1) is 0 Å². The van der Waals surface area contributed by atoms with Crippen molar-refractivity contribution in [2.24, 2.45) is 0 Å². The second kappa shape index (κ2) is 11.6. The van der Waals surface area contributed by atoms with Gasteiger partial charge in [0.1, 0.15) is 0 Å². The highest BCUT2D eigenvalue weighted by molar-refractivity contribution is 6.15. The summed E-state index contributed by atoms with van der Waals surface area (Å²) in [6.07, 6.45) is 10.6. The molecule has 0 saturated heterocycles. The highest BCUT2D eigenvalue weighted by atomic mass is 14.9. The third-order valence-corrected chi connectivity index (χ3v) is 10.2. The summed E-state index contributed by atoms with van der Waals surface area (Å²) in [7, 11) is 0. The molecule has 0 saturated carbocycles. The van der Waals surface area contributed by atoms with E-state index in [1.54, 1.807) is 0 Å². The van der Waals surface area contributed by atoms with Crippen molar-refractivity contribution >= 4 is 49.2 Å². The first kappa shape index (κ1) is 28.6. The van der Waals surface area contributed by atoms with Crippen molar-refractivity contribution in [2.45, 2.75) is 12.8 Å². The maximum absolute atomic E-state index is 5.34. The van der Waals surface area contributed by atoms with Crippen LogP contribution >= 0.6 is 0 Å². The van der Waals surface area contributed by atoms with E-state index in [0.29, 0.717) is 5.82 Å². The number of pyridine rings is 1. The largest absolute Gasteiger partial charge is 0.264 e. The summed E-state index contributed by atoms with van der Waals surface area (Å²) in [5.74, 6) is 0.701. The van der Waals surface area contributed by atoms with Crippen molar-refractivity contribution in [3.8, 4) is 45.0 Å². The summed E-state index contributed by atoms with van der Waals surface area (Å²) in [4.78, 5) is 15.3. The van der Waals surface area contributed by atoms with Crippen LogP contribution in [0.25, 0.3) is 94.2 Å². The molecule has 0 fully saturated rings. The molecule has 9 aromatic rings. The maximum atomic E-state index is 5.34. The van der Waals surface area contributed by atoms with E-state index >= 15 is 0 Å². The van der Waals surface area contributed by atoms with Crippen LogP contribution in [0.5, 0.6) is 0 Å². The Bertz CT molecular complexity index is 2680. The van der Waals surface area contributed by atoms with Crippen molar-refractivity contribution in [3.63, 3.8) is 0 Å². The fourth-order valence-corrected chi connectivity index (χ4v) is 7.76. The first-order chi connectivity index (χ1) is 24.8. The van der Waals surface area contributed by atoms with Crippen LogP contribution in [-0.2, 0) is 6.42 Å². The summed E-state index contributed by atoms with van der Waals surface area (Å²) < 4.78 is 0. The van der Waals surface area contributed by atoms with Crippen LogP contribution in [0.3, 0.4) is 0 Å². The van der Waals surface area contributed by atoms with Gasteiger partial charge in [-0.1, -0.05) is 133 Å². The fraction of sp³-hybridized carbons (Fsp3) is 0.0426. The van der Waals surface area contributed by atoms with Crippen molar-refractivity contribution in [3.05, 3.63) is 169 Å². The number of benzene rings is 7. The number of aryl methyl sites for hydroxylation is 1. The fourth-order valence-electron chi connectivity index (χ4n) is 7.76. The Morgan fingerprint density at radius 3 is 1.56 bits per heavy atom. The SMILES string of the molecule is C1=Cc2c(cncc2-c2ccc(-c3nc(-c4cc5ccccc5c5ccccc45)cc(-c4cc5ccccc5c5ccccc45)n3)cc2)CC1. The second-order valence-electron chi connectivity index (χ2n) is 13.1. The summed E-state index contributed by atoms with van der Waals surface area (Å²) in [5, 5.41) is 9.66. The minimum atomic E-state index is 0.701. The number of nitrogens with zero attached hydrogens (tertiary/aromatic N) is 3. The lowest BCUT2D eigenvalue weighted by Gasteiger charge is -2.16. The van der Waals surface area contributed by atoms with E-state index in [1.165, 1.54) is 54.2 Å². The molecule has 7 aromatic carbocycles. The molecule has 0 aliphatic heterocycles. The van der Waals surface area contributed by atoms with Crippen LogP contribution in [0.1, 0.15) is 17.5 Å². The summed E-state index contributed by atoms with van der Waals surface area (Å²) in [5.41, 5.74) is 9.85. The van der Waals surface area contributed by atoms with Crippen LogP contribution in [0.4, 0.5) is 0 Å². The normalized spacial score (nSPS) is 12.6. The van der Waals surface area contributed by atoms with E-state index in [4.69, 9.17) is 9.97 Å². The van der Waals surface area contributed by atoms with E-state index < -0.39 is 0 Å². The molecule has 10 rings (SSSR count). The van der Waals surface area contributed by atoms with Crippen LogP contribution in [0.2, 0.25) is 0 Å². The van der Waals surface area contributed by atoms with Gasteiger partial charge in [0.15, 0.2) is 5.82 Å². The number of hydrogen-bond acceptors (Lipinski definition) is 3. The highest BCUT2D eigenvalue weighted by Crippen LogP contribution is 2.39. The molecule has 50 heavy (non-hydrogen) atoms. The zero-order valence-electron chi connectivity index (χ0n) is 27.3. The van der Waals surface area contributed by atoms with Gasteiger partial charge in [-0.2, -0.15) is 0 Å². The van der Waals surface area contributed by atoms with Crippen molar-refractivity contribution in [1.82, 2.24) is 15.0 Å². The standard InChI is InChI=1S/C47H31N3/c1-4-14-35-32(11-1)25-42(40-19-9-7-17-38(35)40)45-27-46(43-26-33-12-2-5-15-36(33)39-18-8-10-20-41(39)43)50-47(49-45)31-23-21-30(22-24-31)44-29-48-28-34-13-3-6-16-37(34)44/h1-2,4-12,14-29H,3,13H2. The molecule has 234 valence electrons. The van der Waals surface area contributed by atoms with Crippen LogP contribution in [0.15, 0.2) is 158 Å². The summed E-state index contributed by atoms with van der Waals surface area (Å²) in [6, 6.07) is 50.0. The molecule has 1 aliphatic carbocycles. The first-order valence-electron chi connectivity index (χ1n) is 17.2. The van der Waals surface area contributed by atoms with Gasteiger partial charge < -0.3 is 0 Å². The molecule has 2 aromatic heterocycles. The monoisotopic (exact) mass is 637 g/mol. The molecule has 0 amide bonds. The summed E-state index contributed by atoms with van der Waals surface area (Å²) in [6.45, 7) is 0. The van der Waals surface area contributed by atoms with Gasteiger partial charge in [0.25, 0.3) is 0 Å². The number of allylic oxidation sites excluding steroid dienone is 1. The summed E-state index contributed by atoms with van der Waals surface area (Å²) >= 11 is 0. The lowest BCUT2D eigenvalue weighted by atomic mass is 9.92. The Kier molecular flexibility index (Phi) is 6.63. The minimum absolute atomic E-state index is 0.701. The molecule has 3 nitrogen and oxygen atoms in total. The molecular formula is C47H31N3. The van der Waals surface area contributed by atoms with Crippen LogP contribution in [0, 0.1) is 0 Å². The van der Waals surface area contributed by atoms with Crippen LogP contribution < -0.4 is 0 Å². The average molecular weight is 638 g/mol. The molecule has 0 spiro atoms. The first-order valence-corrected chi connectivity index (χ1v) is 17.2. The third-order valence-electron chi connectivity index (χ3n) is 10.2. The zero-order valence-corrected chi connectivity index (χ0v) is 27.3. The van der Waals surface area contributed by atoms with Gasteiger partial charge in [-0.3, -0.25) is 4.98 Å². The lowest BCUT2D eigenvalue weighted by molar-refractivity contribution is 0.972. The van der Waals surface area contributed by atoms with E-state index in [0.717, 1.165) is 52.0 Å². The Morgan fingerprint density at radius 2 is 0.960 bits per heavy atom. The molecular weight excluding hydrogens is 607 g/mol. The quantitative estimate of drug-likeness (QED) is 0.180. The topological polar surface area (TPSA) is 38.7 Å². The maximum Gasteiger partial charge on any atom is 0.160 e. The van der Waals surface area contributed by atoms with Gasteiger partial charge >= 0.3 is 0 Å². The van der Waals surface area contributed by atoms with Gasteiger partial charge in [0.2, 0.25) is 0 Å². The van der Waals surface area contributed by atoms with Gasteiger partial charge in [0.05, 0.1) is 11.4 Å². The zero-order chi connectivity index (χ0) is 33.0. The lowest BCUT2D eigenvalue weighted by Crippen LogP contribution is -1.99. The van der Waals surface area contributed by atoms with Crippen molar-refractivity contribution < 1.29 is 0 Å². The smallest absolute Gasteiger partial charge is 0.160 e. The predicted octanol–water partition coefficient (Wildman–Crippen LogP) is 12.1. The number of aromatic nitrogens is 3. The molecule has 0 N–H and O–H groups in total.